The molecule has 1 amide bonds. The van der Waals surface area contributed by atoms with E-state index in [-0.39, 0.29) is 0 Å². The lowest BCUT2D eigenvalue weighted by molar-refractivity contribution is 0.189. The molecular formula is C16H13BrIN3O2. The first-order valence-corrected chi connectivity index (χ1v) is 8.78. The van der Waals surface area contributed by atoms with E-state index in [4.69, 9.17) is 5.11 Å². The summed E-state index contributed by atoms with van der Waals surface area (Å²) in [5, 5.41) is 11.7. The second kappa shape index (κ2) is 6.88. The minimum Gasteiger partial charge on any atom is -0.465 e. The van der Waals surface area contributed by atoms with Crippen LogP contribution in [0.15, 0.2) is 46.9 Å². The Morgan fingerprint density at radius 3 is 2.83 bits per heavy atom. The Morgan fingerprint density at radius 1 is 1.35 bits per heavy atom. The number of nitrogens with one attached hydrogen (secondary N) is 2. The van der Waals surface area contributed by atoms with E-state index in [2.05, 4.69) is 53.8 Å². The Hall–Kier alpha value is -1.61. The fourth-order valence-corrected chi connectivity index (χ4v) is 3.17. The summed E-state index contributed by atoms with van der Waals surface area (Å²) in [6, 6.07) is 13.2. The van der Waals surface area contributed by atoms with Crippen molar-refractivity contribution >= 4 is 55.6 Å². The highest BCUT2D eigenvalue weighted by Gasteiger charge is 2.19. The molecule has 0 bridgehead atoms. The molecule has 0 unspecified atom stereocenters. The smallest absolute Gasteiger partial charge is 0.405 e. The standard InChI is InChI=1S/C16H13BrIN3O2/c17-10-7-9(5-6-11(10)18)8-14(21-16(22)23)15-19-12-3-1-2-4-13(12)20-15/h1-7,14,21H,8H2,(H,19,20)(H,22,23)/t14-/m0/s1. The van der Waals surface area contributed by atoms with Crippen LogP contribution < -0.4 is 5.32 Å². The lowest BCUT2D eigenvalue weighted by atomic mass is 10.1. The summed E-state index contributed by atoms with van der Waals surface area (Å²) in [6.07, 6.45) is -0.554. The second-order valence-corrected chi connectivity index (χ2v) is 7.11. The van der Waals surface area contributed by atoms with Gasteiger partial charge < -0.3 is 15.4 Å². The lowest BCUT2D eigenvalue weighted by Gasteiger charge is -2.15. The molecule has 23 heavy (non-hydrogen) atoms. The van der Waals surface area contributed by atoms with Crippen LogP contribution in [0.4, 0.5) is 4.79 Å². The number of para-hydroxylation sites is 2. The molecule has 0 fully saturated rings. The fourth-order valence-electron chi connectivity index (χ4n) is 2.40. The van der Waals surface area contributed by atoms with Crippen molar-refractivity contribution < 1.29 is 9.90 Å². The van der Waals surface area contributed by atoms with Crippen LogP contribution >= 0.6 is 38.5 Å². The maximum absolute atomic E-state index is 11.1. The summed E-state index contributed by atoms with van der Waals surface area (Å²) in [5.41, 5.74) is 2.74. The maximum Gasteiger partial charge on any atom is 0.405 e. The van der Waals surface area contributed by atoms with Crippen LogP contribution in [0.25, 0.3) is 11.0 Å². The number of halogens is 2. The average Bonchev–Trinajstić information content (AvgIpc) is 2.94. The van der Waals surface area contributed by atoms with Crippen LogP contribution in [0, 0.1) is 3.57 Å². The Kier molecular flexibility index (Phi) is 4.86. The van der Waals surface area contributed by atoms with E-state index in [9.17, 15) is 4.79 Å². The molecule has 0 spiro atoms. The molecule has 1 heterocycles. The molecule has 0 aliphatic carbocycles. The van der Waals surface area contributed by atoms with Crippen LogP contribution in [-0.4, -0.2) is 21.2 Å². The minimum atomic E-state index is -1.07. The topological polar surface area (TPSA) is 78.0 Å². The zero-order chi connectivity index (χ0) is 16.4. The summed E-state index contributed by atoms with van der Waals surface area (Å²) in [5.74, 6) is 0.614. The minimum absolute atomic E-state index is 0.438. The van der Waals surface area contributed by atoms with Gasteiger partial charge in [-0.05, 0) is 68.3 Å². The van der Waals surface area contributed by atoms with E-state index >= 15 is 0 Å². The molecule has 1 aromatic heterocycles. The number of hydrogen-bond acceptors (Lipinski definition) is 2. The van der Waals surface area contributed by atoms with Crippen molar-refractivity contribution in [2.45, 2.75) is 12.5 Å². The zero-order valence-corrected chi connectivity index (χ0v) is 15.6. The number of carboxylic acid groups (broad SMARTS) is 1. The van der Waals surface area contributed by atoms with Crippen molar-refractivity contribution in [3.63, 3.8) is 0 Å². The number of rotatable bonds is 4. The number of nitrogens with zero attached hydrogens (tertiary/aromatic N) is 1. The van der Waals surface area contributed by atoms with Crippen LogP contribution in [-0.2, 0) is 6.42 Å². The highest BCUT2D eigenvalue weighted by Crippen LogP contribution is 2.24. The van der Waals surface area contributed by atoms with E-state index in [0.29, 0.717) is 12.2 Å². The second-order valence-electron chi connectivity index (χ2n) is 5.09. The molecule has 3 aromatic rings. The van der Waals surface area contributed by atoms with Gasteiger partial charge in [0.15, 0.2) is 0 Å². The van der Waals surface area contributed by atoms with Crippen molar-refractivity contribution in [1.29, 1.82) is 0 Å². The SMILES string of the molecule is O=C(O)N[C@@H](Cc1ccc(I)c(Br)c1)c1nc2ccccc2[nH]1. The Balaban J connectivity index is 1.93. The lowest BCUT2D eigenvalue weighted by Crippen LogP contribution is -2.29. The average molecular weight is 486 g/mol. The Labute approximate surface area is 154 Å². The van der Waals surface area contributed by atoms with Gasteiger partial charge in [-0.15, -0.1) is 0 Å². The van der Waals surface area contributed by atoms with Gasteiger partial charge in [-0.25, -0.2) is 9.78 Å². The number of carbonyl (C=O) groups is 1. The largest absolute Gasteiger partial charge is 0.465 e. The summed E-state index contributed by atoms with van der Waals surface area (Å²) < 4.78 is 2.10. The first-order chi connectivity index (χ1) is 11.0. The van der Waals surface area contributed by atoms with Crippen molar-refractivity contribution in [2.24, 2.45) is 0 Å². The fraction of sp³-hybridized carbons (Fsp3) is 0.125. The summed E-state index contributed by atoms with van der Waals surface area (Å²) >= 11 is 5.74. The quantitative estimate of drug-likeness (QED) is 0.477. The van der Waals surface area contributed by atoms with E-state index in [1.807, 2.05) is 42.5 Å². The number of aromatic amines is 1. The molecule has 118 valence electrons. The normalized spacial score (nSPS) is 12.3. The van der Waals surface area contributed by atoms with Crippen molar-refractivity contribution in [3.05, 3.63) is 61.9 Å². The number of H-pyrrole nitrogens is 1. The van der Waals surface area contributed by atoms with Crippen LogP contribution in [0.2, 0.25) is 0 Å². The molecular weight excluding hydrogens is 473 g/mol. The zero-order valence-electron chi connectivity index (χ0n) is 11.9. The number of benzene rings is 2. The van der Waals surface area contributed by atoms with Gasteiger partial charge in [0.05, 0.1) is 17.1 Å². The molecule has 7 heteroatoms. The van der Waals surface area contributed by atoms with Crippen LogP contribution in [0.1, 0.15) is 17.4 Å². The predicted molar refractivity (Wildman–Crippen MR) is 101 cm³/mol. The molecule has 0 saturated heterocycles. The molecule has 1 atom stereocenters. The van der Waals surface area contributed by atoms with E-state index < -0.39 is 12.1 Å². The van der Waals surface area contributed by atoms with Crippen molar-refractivity contribution in [2.75, 3.05) is 0 Å². The van der Waals surface area contributed by atoms with Crippen LogP contribution in [0.3, 0.4) is 0 Å². The molecule has 5 nitrogen and oxygen atoms in total. The van der Waals surface area contributed by atoms with E-state index in [0.717, 1.165) is 24.6 Å². The highest BCUT2D eigenvalue weighted by molar-refractivity contribution is 14.1. The number of imidazole rings is 1. The van der Waals surface area contributed by atoms with Gasteiger partial charge >= 0.3 is 6.09 Å². The third-order valence-electron chi connectivity index (χ3n) is 3.46. The number of fused-ring (bicyclic) bond motifs is 1. The summed E-state index contributed by atoms with van der Waals surface area (Å²) in [7, 11) is 0. The van der Waals surface area contributed by atoms with Gasteiger partial charge in [0.25, 0.3) is 0 Å². The predicted octanol–water partition coefficient (Wildman–Crippen LogP) is 4.48. The molecule has 3 N–H and O–H groups in total. The molecule has 0 aliphatic rings. The molecule has 3 rings (SSSR count). The third kappa shape index (κ3) is 3.84. The van der Waals surface area contributed by atoms with Crippen molar-refractivity contribution in [1.82, 2.24) is 15.3 Å². The van der Waals surface area contributed by atoms with Gasteiger partial charge in [-0.3, -0.25) is 0 Å². The van der Waals surface area contributed by atoms with Gasteiger partial charge in [-0.1, -0.05) is 18.2 Å². The molecule has 0 aliphatic heterocycles. The Bertz CT molecular complexity index is 832. The third-order valence-corrected chi connectivity index (χ3v) is 5.80. The maximum atomic E-state index is 11.1. The van der Waals surface area contributed by atoms with E-state index in [1.54, 1.807) is 0 Å². The van der Waals surface area contributed by atoms with Gasteiger partial charge in [0.2, 0.25) is 0 Å². The number of hydrogen-bond donors (Lipinski definition) is 3. The highest BCUT2D eigenvalue weighted by atomic mass is 127. The van der Waals surface area contributed by atoms with Crippen LogP contribution in [0.5, 0.6) is 0 Å². The summed E-state index contributed by atoms with van der Waals surface area (Å²) in [6.45, 7) is 0. The molecule has 0 saturated carbocycles. The first kappa shape index (κ1) is 16.3. The number of aromatic nitrogens is 2. The Morgan fingerprint density at radius 2 is 2.13 bits per heavy atom. The summed E-state index contributed by atoms with van der Waals surface area (Å²) in [4.78, 5) is 18.9. The van der Waals surface area contributed by atoms with Gasteiger partial charge in [0, 0.05) is 14.5 Å². The van der Waals surface area contributed by atoms with Gasteiger partial charge in [-0.2, -0.15) is 0 Å². The van der Waals surface area contributed by atoms with Gasteiger partial charge in [0.1, 0.15) is 5.82 Å². The molecule has 2 aromatic carbocycles. The first-order valence-electron chi connectivity index (χ1n) is 6.91. The monoisotopic (exact) mass is 485 g/mol. The molecule has 0 radical (unpaired) electrons. The number of amides is 1. The van der Waals surface area contributed by atoms with E-state index in [1.165, 1.54) is 0 Å². The van der Waals surface area contributed by atoms with Crippen molar-refractivity contribution in [3.8, 4) is 0 Å².